The largest absolute Gasteiger partial charge is 0.478 e. The molecule has 0 unspecified atom stereocenters. The van der Waals surface area contributed by atoms with Gasteiger partial charge in [-0.15, -0.1) is 0 Å². The molecule has 1 N–H and O–H groups in total. The molecular formula is C10H8N2O4. The maximum absolute atomic E-state index is 10.8. The van der Waals surface area contributed by atoms with Crippen LogP contribution >= 0.6 is 0 Å². The number of aromatic carboxylic acids is 1. The van der Waals surface area contributed by atoms with Gasteiger partial charge < -0.3 is 5.11 Å². The van der Waals surface area contributed by atoms with Crippen LogP contribution < -0.4 is 0 Å². The van der Waals surface area contributed by atoms with Crippen molar-refractivity contribution in [2.45, 2.75) is 13.3 Å². The number of carboxylic acids is 1. The molecule has 0 saturated heterocycles. The van der Waals surface area contributed by atoms with Gasteiger partial charge in [0.25, 0.3) is 5.69 Å². The van der Waals surface area contributed by atoms with Gasteiger partial charge in [-0.25, -0.2) is 4.79 Å². The van der Waals surface area contributed by atoms with Crippen molar-refractivity contribution in [3.8, 4) is 6.07 Å². The van der Waals surface area contributed by atoms with Crippen molar-refractivity contribution in [1.29, 1.82) is 5.26 Å². The number of carbonyl (C=O) groups is 1. The summed E-state index contributed by atoms with van der Waals surface area (Å²) in [7, 11) is 0. The number of hydrogen-bond donors (Lipinski definition) is 1. The Morgan fingerprint density at radius 1 is 1.62 bits per heavy atom. The van der Waals surface area contributed by atoms with Gasteiger partial charge in [0.2, 0.25) is 0 Å². The summed E-state index contributed by atoms with van der Waals surface area (Å²) in [4.78, 5) is 20.7. The first kappa shape index (κ1) is 11.7. The summed E-state index contributed by atoms with van der Waals surface area (Å²) >= 11 is 0. The lowest BCUT2D eigenvalue weighted by Gasteiger charge is -2.04. The van der Waals surface area contributed by atoms with Crippen LogP contribution in [0.1, 0.15) is 28.4 Å². The van der Waals surface area contributed by atoms with Gasteiger partial charge in [-0.1, -0.05) is 6.92 Å². The summed E-state index contributed by atoms with van der Waals surface area (Å²) in [6.45, 7) is 1.70. The topological polar surface area (TPSA) is 104 Å². The van der Waals surface area contributed by atoms with E-state index in [2.05, 4.69) is 0 Å². The Labute approximate surface area is 90.9 Å². The molecule has 0 spiro atoms. The zero-order valence-corrected chi connectivity index (χ0v) is 8.43. The predicted molar refractivity (Wildman–Crippen MR) is 54.1 cm³/mol. The molecule has 0 bridgehead atoms. The zero-order chi connectivity index (χ0) is 12.3. The molecule has 1 aromatic rings. The van der Waals surface area contributed by atoms with E-state index in [1.54, 1.807) is 13.0 Å². The zero-order valence-electron chi connectivity index (χ0n) is 8.43. The number of benzene rings is 1. The lowest BCUT2D eigenvalue weighted by atomic mass is 9.99. The van der Waals surface area contributed by atoms with Crippen LogP contribution in [-0.4, -0.2) is 16.0 Å². The Hall–Kier alpha value is -2.42. The average molecular weight is 220 g/mol. The van der Waals surface area contributed by atoms with Crippen molar-refractivity contribution in [3.63, 3.8) is 0 Å². The van der Waals surface area contributed by atoms with Gasteiger partial charge in [-0.05, 0) is 12.0 Å². The Balaban J connectivity index is 3.57. The van der Waals surface area contributed by atoms with E-state index in [-0.39, 0.29) is 16.8 Å². The SMILES string of the molecule is CCc1cc([N+](=O)[O-])cc(C(=O)O)c1C#N. The highest BCUT2D eigenvalue weighted by Gasteiger charge is 2.19. The average Bonchev–Trinajstić information content (AvgIpc) is 2.26. The normalized spacial score (nSPS) is 9.50. The van der Waals surface area contributed by atoms with Crippen LogP contribution in [0.5, 0.6) is 0 Å². The Kier molecular flexibility index (Phi) is 3.20. The number of nitriles is 1. The summed E-state index contributed by atoms with van der Waals surface area (Å²) < 4.78 is 0. The molecule has 0 radical (unpaired) electrons. The van der Waals surface area contributed by atoms with Gasteiger partial charge >= 0.3 is 5.97 Å². The third-order valence-corrected chi connectivity index (χ3v) is 2.14. The second-order valence-electron chi connectivity index (χ2n) is 3.06. The summed E-state index contributed by atoms with van der Waals surface area (Å²) in [6, 6.07) is 3.89. The number of nitrogens with zero attached hydrogens (tertiary/aromatic N) is 2. The van der Waals surface area contributed by atoms with E-state index < -0.39 is 10.9 Å². The number of hydrogen-bond acceptors (Lipinski definition) is 4. The van der Waals surface area contributed by atoms with Crippen molar-refractivity contribution in [2.24, 2.45) is 0 Å². The van der Waals surface area contributed by atoms with Crippen molar-refractivity contribution < 1.29 is 14.8 Å². The second-order valence-corrected chi connectivity index (χ2v) is 3.06. The van der Waals surface area contributed by atoms with Crippen LogP contribution in [0.15, 0.2) is 12.1 Å². The molecule has 82 valence electrons. The third-order valence-electron chi connectivity index (χ3n) is 2.14. The first-order valence-electron chi connectivity index (χ1n) is 4.46. The lowest BCUT2D eigenvalue weighted by Crippen LogP contribution is -2.05. The number of non-ortho nitro benzene ring substituents is 1. The molecule has 0 saturated carbocycles. The highest BCUT2D eigenvalue weighted by Crippen LogP contribution is 2.22. The molecule has 0 fully saturated rings. The van der Waals surface area contributed by atoms with Crippen LogP contribution in [0, 0.1) is 21.4 Å². The highest BCUT2D eigenvalue weighted by molar-refractivity contribution is 5.92. The van der Waals surface area contributed by atoms with Crippen LogP contribution in [0.25, 0.3) is 0 Å². The van der Waals surface area contributed by atoms with Crippen molar-refractivity contribution in [2.75, 3.05) is 0 Å². The second kappa shape index (κ2) is 4.40. The van der Waals surface area contributed by atoms with Crippen LogP contribution in [0.4, 0.5) is 5.69 Å². The molecule has 6 heteroatoms. The van der Waals surface area contributed by atoms with Gasteiger partial charge in [0.15, 0.2) is 0 Å². The standard InChI is InChI=1S/C10H8N2O4/c1-2-6-3-7(12(15)16)4-8(10(13)14)9(6)5-11/h3-4H,2H2,1H3,(H,13,14). The fourth-order valence-electron chi connectivity index (χ4n) is 1.37. The van der Waals surface area contributed by atoms with Gasteiger partial charge in [0.05, 0.1) is 16.1 Å². The van der Waals surface area contributed by atoms with Crippen LogP contribution in [0.2, 0.25) is 0 Å². The molecule has 0 aromatic heterocycles. The van der Waals surface area contributed by atoms with Crippen molar-refractivity contribution in [1.82, 2.24) is 0 Å². The van der Waals surface area contributed by atoms with Gasteiger partial charge in [0, 0.05) is 12.1 Å². The quantitative estimate of drug-likeness (QED) is 0.616. The van der Waals surface area contributed by atoms with E-state index in [4.69, 9.17) is 10.4 Å². The Bertz CT molecular complexity index is 502. The lowest BCUT2D eigenvalue weighted by molar-refractivity contribution is -0.385. The first-order valence-corrected chi connectivity index (χ1v) is 4.46. The Morgan fingerprint density at radius 3 is 2.62 bits per heavy atom. The molecule has 16 heavy (non-hydrogen) atoms. The summed E-state index contributed by atoms with van der Waals surface area (Å²) in [5, 5.41) is 28.2. The van der Waals surface area contributed by atoms with E-state index in [0.29, 0.717) is 12.0 Å². The molecule has 0 aliphatic heterocycles. The molecule has 0 atom stereocenters. The van der Waals surface area contributed by atoms with Crippen LogP contribution in [-0.2, 0) is 6.42 Å². The van der Waals surface area contributed by atoms with Gasteiger partial charge in [-0.2, -0.15) is 5.26 Å². The smallest absolute Gasteiger partial charge is 0.337 e. The molecule has 1 aromatic carbocycles. The summed E-state index contributed by atoms with van der Waals surface area (Å²) in [5.74, 6) is -1.34. The monoisotopic (exact) mass is 220 g/mol. The van der Waals surface area contributed by atoms with Crippen molar-refractivity contribution in [3.05, 3.63) is 38.9 Å². The molecule has 1 rings (SSSR count). The van der Waals surface area contributed by atoms with E-state index in [0.717, 1.165) is 6.07 Å². The Morgan fingerprint density at radius 2 is 2.25 bits per heavy atom. The van der Waals surface area contributed by atoms with Crippen molar-refractivity contribution >= 4 is 11.7 Å². The molecule has 0 heterocycles. The highest BCUT2D eigenvalue weighted by atomic mass is 16.6. The van der Waals surface area contributed by atoms with Gasteiger partial charge in [-0.3, -0.25) is 10.1 Å². The summed E-state index contributed by atoms with van der Waals surface area (Å²) in [6.07, 6.45) is 0.366. The number of nitro benzene ring substituents is 1. The molecule has 0 aliphatic rings. The first-order chi connectivity index (χ1) is 7.51. The minimum atomic E-state index is -1.34. The maximum atomic E-state index is 10.8. The molecular weight excluding hydrogens is 212 g/mol. The van der Waals surface area contributed by atoms with E-state index >= 15 is 0 Å². The third kappa shape index (κ3) is 1.98. The minimum absolute atomic E-state index is 0.0133. The van der Waals surface area contributed by atoms with E-state index in [1.807, 2.05) is 0 Å². The molecule has 6 nitrogen and oxygen atoms in total. The summed E-state index contributed by atoms with van der Waals surface area (Å²) in [5.41, 5.74) is -0.281. The molecule has 0 amide bonds. The number of carboxylic acid groups (broad SMARTS) is 1. The van der Waals surface area contributed by atoms with E-state index in [9.17, 15) is 14.9 Å². The van der Waals surface area contributed by atoms with Gasteiger partial charge in [0.1, 0.15) is 6.07 Å². The van der Waals surface area contributed by atoms with Crippen LogP contribution in [0.3, 0.4) is 0 Å². The number of aryl methyl sites for hydroxylation is 1. The number of rotatable bonds is 3. The maximum Gasteiger partial charge on any atom is 0.337 e. The van der Waals surface area contributed by atoms with E-state index in [1.165, 1.54) is 6.07 Å². The predicted octanol–water partition coefficient (Wildman–Crippen LogP) is 1.73. The fraction of sp³-hybridized carbons (Fsp3) is 0.200. The number of nitro groups is 1. The minimum Gasteiger partial charge on any atom is -0.478 e. The fourth-order valence-corrected chi connectivity index (χ4v) is 1.37. The molecule has 0 aliphatic carbocycles.